The Labute approximate surface area is 192 Å². The quantitative estimate of drug-likeness (QED) is 0.302. The third-order valence-corrected chi connectivity index (χ3v) is 7.91. The summed E-state index contributed by atoms with van der Waals surface area (Å²) in [6, 6.07) is 0.960. The van der Waals surface area contributed by atoms with Gasteiger partial charge in [0.1, 0.15) is 0 Å². The minimum atomic E-state index is 0. The molecule has 0 heterocycles. The molecule has 0 spiro atoms. The topological polar surface area (TPSA) is 24.7 Å². The monoisotopic (exact) mass is 448 g/mol. The van der Waals surface area contributed by atoms with Crippen LogP contribution in [0, 0.1) is 47.3 Å². The molecule has 3 heteroatoms. The van der Waals surface area contributed by atoms with Gasteiger partial charge in [-0.15, -0.1) is 0 Å². The van der Waals surface area contributed by atoms with Crippen LogP contribution in [0.15, 0.2) is 9.98 Å². The van der Waals surface area contributed by atoms with Crippen molar-refractivity contribution >= 4 is 12.4 Å². The SMILES string of the molecule is CC(C)C1CCCC(C(C)C)C1N=CC=NC1C(C(C)C)CCCC1C(C)C.[NiH2]. The average Bonchev–Trinajstić information content (AvgIpc) is 2.64. The molecule has 0 aromatic heterocycles. The van der Waals surface area contributed by atoms with E-state index in [0.717, 1.165) is 47.3 Å². The predicted molar refractivity (Wildman–Crippen MR) is 128 cm³/mol. The van der Waals surface area contributed by atoms with Gasteiger partial charge in [0.25, 0.3) is 0 Å². The molecule has 0 N–H and O–H groups in total. The van der Waals surface area contributed by atoms with Crippen LogP contribution in [0.25, 0.3) is 0 Å². The molecular formula is C26H50N2Ni. The molecule has 0 aliphatic heterocycles. The molecule has 2 fully saturated rings. The van der Waals surface area contributed by atoms with E-state index in [0.29, 0.717) is 12.1 Å². The maximum atomic E-state index is 5.14. The fraction of sp³-hybridized carbons (Fsp3) is 0.923. The van der Waals surface area contributed by atoms with Crippen LogP contribution in [0.2, 0.25) is 0 Å². The van der Waals surface area contributed by atoms with Crippen LogP contribution in [0.5, 0.6) is 0 Å². The van der Waals surface area contributed by atoms with E-state index in [1.54, 1.807) is 0 Å². The van der Waals surface area contributed by atoms with E-state index in [1.165, 1.54) is 38.5 Å². The van der Waals surface area contributed by atoms with E-state index in [-0.39, 0.29) is 16.5 Å². The van der Waals surface area contributed by atoms with Gasteiger partial charge in [0.05, 0.1) is 12.1 Å². The summed E-state index contributed by atoms with van der Waals surface area (Å²) in [6.07, 6.45) is 12.3. The molecule has 0 amide bonds. The first-order valence-corrected chi connectivity index (χ1v) is 12.3. The molecule has 2 aliphatic carbocycles. The van der Waals surface area contributed by atoms with E-state index < -0.39 is 0 Å². The van der Waals surface area contributed by atoms with Gasteiger partial charge < -0.3 is 0 Å². The Morgan fingerprint density at radius 3 is 0.966 bits per heavy atom. The van der Waals surface area contributed by atoms with Gasteiger partial charge >= 0.3 is 16.5 Å². The molecule has 0 radical (unpaired) electrons. The molecule has 0 aromatic rings. The minimum absolute atomic E-state index is 0. The third kappa shape index (κ3) is 7.19. The van der Waals surface area contributed by atoms with Gasteiger partial charge in [0.15, 0.2) is 0 Å². The van der Waals surface area contributed by atoms with Crippen molar-refractivity contribution in [2.24, 2.45) is 57.3 Å². The molecule has 2 aliphatic rings. The summed E-state index contributed by atoms with van der Waals surface area (Å²) in [4.78, 5) is 10.3. The number of rotatable bonds is 7. The van der Waals surface area contributed by atoms with Crippen molar-refractivity contribution in [3.8, 4) is 0 Å². The summed E-state index contributed by atoms with van der Waals surface area (Å²) < 4.78 is 0. The Kier molecular flexibility index (Phi) is 11.7. The molecule has 0 bridgehead atoms. The van der Waals surface area contributed by atoms with Crippen molar-refractivity contribution in [3.05, 3.63) is 0 Å². The van der Waals surface area contributed by atoms with E-state index in [1.807, 2.05) is 0 Å². The Bertz CT molecular complexity index is 431. The maximum absolute atomic E-state index is 5.14. The van der Waals surface area contributed by atoms with Crippen molar-refractivity contribution in [3.63, 3.8) is 0 Å². The standard InChI is InChI=1S/C26H48N2.Ni.2H/c1-17(2)21-11-9-12-22(18(3)4)25(21)27-15-16-28-26-23(19(5)6)13-10-14-24(26)20(7)8;;;/h15-26H,9-14H2,1-8H3;;;. The fourth-order valence-corrected chi connectivity index (χ4v) is 6.13. The summed E-state index contributed by atoms with van der Waals surface area (Å²) in [5.74, 6) is 5.78. The van der Waals surface area contributed by atoms with Gasteiger partial charge in [0.2, 0.25) is 0 Å². The van der Waals surface area contributed by atoms with Gasteiger partial charge in [-0.25, -0.2) is 0 Å². The average molecular weight is 449 g/mol. The van der Waals surface area contributed by atoms with Gasteiger partial charge in [-0.2, -0.15) is 0 Å². The van der Waals surface area contributed by atoms with Gasteiger partial charge in [-0.1, -0.05) is 68.2 Å². The molecular weight excluding hydrogens is 399 g/mol. The number of hydrogen-bond acceptors (Lipinski definition) is 2. The first-order valence-electron chi connectivity index (χ1n) is 12.3. The second-order valence-electron chi connectivity index (χ2n) is 11.1. The molecule has 4 unspecified atom stereocenters. The number of nitrogens with zero attached hydrogens (tertiary/aromatic N) is 2. The first-order chi connectivity index (χ1) is 13.2. The second kappa shape index (κ2) is 12.6. The molecule has 29 heavy (non-hydrogen) atoms. The summed E-state index contributed by atoms with van der Waals surface area (Å²) in [7, 11) is 0. The Morgan fingerprint density at radius 1 is 0.517 bits per heavy atom. The molecule has 2 saturated carbocycles. The van der Waals surface area contributed by atoms with Crippen molar-refractivity contribution in [1.29, 1.82) is 0 Å². The van der Waals surface area contributed by atoms with Crippen LogP contribution >= 0.6 is 0 Å². The number of hydrogen-bond donors (Lipinski definition) is 0. The van der Waals surface area contributed by atoms with Gasteiger partial charge in [0, 0.05) is 12.4 Å². The van der Waals surface area contributed by atoms with Crippen LogP contribution < -0.4 is 0 Å². The Morgan fingerprint density at radius 2 is 0.759 bits per heavy atom. The molecule has 2 nitrogen and oxygen atoms in total. The molecule has 4 atom stereocenters. The van der Waals surface area contributed by atoms with Crippen molar-refractivity contribution < 1.29 is 16.5 Å². The summed E-state index contributed by atoms with van der Waals surface area (Å²) in [6.45, 7) is 19.1. The van der Waals surface area contributed by atoms with E-state index in [4.69, 9.17) is 9.98 Å². The van der Waals surface area contributed by atoms with Crippen molar-refractivity contribution in [2.45, 2.75) is 106 Å². The molecule has 0 saturated heterocycles. The van der Waals surface area contributed by atoms with Crippen LogP contribution in [0.1, 0.15) is 93.9 Å². The first kappa shape index (κ1) is 26.9. The zero-order valence-electron chi connectivity index (χ0n) is 20.4. The summed E-state index contributed by atoms with van der Waals surface area (Å²) in [5.41, 5.74) is 0. The van der Waals surface area contributed by atoms with E-state index >= 15 is 0 Å². The van der Waals surface area contributed by atoms with Crippen LogP contribution in [-0.4, -0.2) is 24.5 Å². The van der Waals surface area contributed by atoms with Crippen molar-refractivity contribution in [2.75, 3.05) is 0 Å². The summed E-state index contributed by atoms with van der Waals surface area (Å²) >= 11 is 0. The molecule has 2 rings (SSSR count). The molecule has 0 aromatic carbocycles. The van der Waals surface area contributed by atoms with Crippen LogP contribution in [0.3, 0.4) is 0 Å². The molecule has 174 valence electrons. The normalized spacial score (nSPS) is 34.1. The Balaban J connectivity index is 0.00000420. The Hall–Kier alpha value is -0.166. The van der Waals surface area contributed by atoms with Gasteiger partial charge in [-0.05, 0) is 73.0 Å². The number of aliphatic imine (C=N–C) groups is 2. The van der Waals surface area contributed by atoms with Gasteiger partial charge in [-0.3, -0.25) is 9.98 Å². The van der Waals surface area contributed by atoms with E-state index in [2.05, 4.69) is 67.8 Å². The third-order valence-electron chi connectivity index (χ3n) is 7.91. The van der Waals surface area contributed by atoms with E-state index in [9.17, 15) is 0 Å². The second-order valence-corrected chi connectivity index (χ2v) is 11.1. The summed E-state index contributed by atoms with van der Waals surface area (Å²) in [5, 5.41) is 0. The predicted octanol–water partition coefficient (Wildman–Crippen LogP) is 6.78. The zero-order valence-corrected chi connectivity index (χ0v) is 21.5. The zero-order chi connectivity index (χ0) is 20.8. The van der Waals surface area contributed by atoms with Crippen molar-refractivity contribution in [1.82, 2.24) is 0 Å². The van der Waals surface area contributed by atoms with Crippen LogP contribution in [-0.2, 0) is 16.5 Å². The fourth-order valence-electron chi connectivity index (χ4n) is 6.13. The van der Waals surface area contributed by atoms with Crippen LogP contribution in [0.4, 0.5) is 0 Å².